The number of nitrogens with zero attached hydrogens (tertiary/aromatic N) is 2. The van der Waals surface area contributed by atoms with Gasteiger partial charge in [0.25, 0.3) is 0 Å². The van der Waals surface area contributed by atoms with Gasteiger partial charge in [-0.3, -0.25) is 0 Å². The average molecular weight is 247 g/mol. The molecule has 0 amide bonds. The minimum absolute atomic E-state index is 0. The number of carbonyl (C=O) groups excluding carboxylic acids is 1. The first-order chi connectivity index (χ1) is 4.20. The van der Waals surface area contributed by atoms with Crippen LogP contribution in [0.3, 0.4) is 0 Å². The van der Waals surface area contributed by atoms with Crippen LogP contribution in [0, 0.1) is 0 Å². The molecular weight excluding hydrogens is 247 g/mol. The maximum atomic E-state index is 9.99. The van der Waals surface area contributed by atoms with E-state index in [1.807, 2.05) is 0 Å². The van der Waals surface area contributed by atoms with Crippen molar-refractivity contribution in [2.75, 3.05) is 0 Å². The third-order valence-corrected chi connectivity index (χ3v) is 1.91. The smallest absolute Gasteiger partial charge is 0.542 e. The van der Waals surface area contributed by atoms with Crippen LogP contribution in [-0.2, 0) is 0 Å². The van der Waals surface area contributed by atoms with Gasteiger partial charge in [0, 0.05) is 0 Å². The van der Waals surface area contributed by atoms with Crippen LogP contribution >= 0.6 is 27.3 Å². The summed E-state index contributed by atoms with van der Waals surface area (Å²) in [6.45, 7) is 0. The van der Waals surface area contributed by atoms with E-state index in [0.29, 0.717) is 3.92 Å². The molecule has 0 bridgehead atoms. The number of rotatable bonds is 1. The molecule has 0 fully saturated rings. The molecule has 0 atom stereocenters. The van der Waals surface area contributed by atoms with Crippen molar-refractivity contribution in [2.45, 2.75) is 0 Å². The fourth-order valence-corrected chi connectivity index (χ4v) is 1.23. The van der Waals surface area contributed by atoms with Crippen LogP contribution in [-0.4, -0.2) is 16.2 Å². The zero-order valence-electron chi connectivity index (χ0n) is 5.00. The molecule has 0 aliphatic carbocycles. The van der Waals surface area contributed by atoms with E-state index in [2.05, 4.69) is 26.1 Å². The molecule has 1 rings (SSSR count). The largest absolute Gasteiger partial charge is 1.00 e. The van der Waals surface area contributed by atoms with Gasteiger partial charge in [-0.1, -0.05) is 11.3 Å². The normalized spacial score (nSPS) is 8.50. The van der Waals surface area contributed by atoms with E-state index in [4.69, 9.17) is 0 Å². The van der Waals surface area contributed by atoms with Gasteiger partial charge in [-0.15, -0.1) is 10.2 Å². The monoisotopic (exact) mass is 246 g/mol. The number of hydrogen-bond acceptors (Lipinski definition) is 5. The SMILES string of the molecule is O=C([O-])c1nnc(Br)s1.[K+]. The molecule has 0 N–H and O–H groups in total. The van der Waals surface area contributed by atoms with Crippen LogP contribution in [0.1, 0.15) is 9.80 Å². The Morgan fingerprint density at radius 1 is 1.60 bits per heavy atom. The maximum Gasteiger partial charge on any atom is 1.00 e. The number of carboxylic acids is 1. The minimum atomic E-state index is -1.29. The molecule has 1 aromatic rings. The Morgan fingerprint density at radius 3 is 2.40 bits per heavy atom. The summed E-state index contributed by atoms with van der Waals surface area (Å²) in [7, 11) is 0. The summed E-state index contributed by atoms with van der Waals surface area (Å²) in [6, 6.07) is 0. The molecule has 0 unspecified atom stereocenters. The number of halogens is 1. The van der Waals surface area contributed by atoms with Crippen molar-refractivity contribution in [3.05, 3.63) is 8.92 Å². The van der Waals surface area contributed by atoms with E-state index in [-0.39, 0.29) is 56.4 Å². The van der Waals surface area contributed by atoms with Crippen LogP contribution in [0.25, 0.3) is 0 Å². The van der Waals surface area contributed by atoms with E-state index >= 15 is 0 Å². The number of carbonyl (C=O) groups is 1. The van der Waals surface area contributed by atoms with Crippen molar-refractivity contribution in [2.24, 2.45) is 0 Å². The van der Waals surface area contributed by atoms with Crippen LogP contribution in [0.15, 0.2) is 3.92 Å². The molecule has 10 heavy (non-hydrogen) atoms. The summed E-state index contributed by atoms with van der Waals surface area (Å²) < 4.78 is 0.446. The molecule has 7 heteroatoms. The molecular formula is C3BrKN2O2S. The quantitative estimate of drug-likeness (QED) is 0.487. The zero-order valence-corrected chi connectivity index (χ0v) is 10.5. The number of aromatic nitrogens is 2. The van der Waals surface area contributed by atoms with E-state index in [9.17, 15) is 9.90 Å². The second kappa shape index (κ2) is 4.91. The standard InChI is InChI=1S/C3HBrN2O2S.K/c4-3-6-5-1(9-3)2(7)8;/h(H,7,8);/q;+1/p-1. The van der Waals surface area contributed by atoms with Gasteiger partial charge in [0.15, 0.2) is 8.92 Å². The van der Waals surface area contributed by atoms with Gasteiger partial charge >= 0.3 is 51.4 Å². The molecule has 0 aromatic carbocycles. The Balaban J connectivity index is 0.000000810. The molecule has 0 saturated carbocycles. The summed E-state index contributed by atoms with van der Waals surface area (Å²) in [4.78, 5) is 9.99. The van der Waals surface area contributed by atoms with Gasteiger partial charge in [-0.2, -0.15) is 0 Å². The first-order valence-corrected chi connectivity index (χ1v) is 3.51. The van der Waals surface area contributed by atoms with Gasteiger partial charge in [-0.25, -0.2) is 0 Å². The van der Waals surface area contributed by atoms with Crippen LogP contribution in [0.4, 0.5) is 0 Å². The fraction of sp³-hybridized carbons (Fsp3) is 0. The molecule has 0 spiro atoms. The van der Waals surface area contributed by atoms with Crippen molar-refractivity contribution >= 4 is 33.2 Å². The first kappa shape index (κ1) is 11.1. The van der Waals surface area contributed by atoms with Crippen LogP contribution in [0.2, 0.25) is 0 Å². The Hall–Kier alpha value is 1.15. The summed E-state index contributed by atoms with van der Waals surface area (Å²) in [5, 5.41) is 16.6. The van der Waals surface area contributed by atoms with Gasteiger partial charge in [0.2, 0.25) is 0 Å². The Morgan fingerprint density at radius 2 is 2.20 bits per heavy atom. The molecule has 0 radical (unpaired) electrons. The van der Waals surface area contributed by atoms with Gasteiger partial charge in [0.05, 0.1) is 0 Å². The Bertz CT molecular complexity index is 240. The Kier molecular flexibility index (Phi) is 5.47. The Labute approximate surface area is 112 Å². The van der Waals surface area contributed by atoms with Crippen molar-refractivity contribution in [3.63, 3.8) is 0 Å². The molecule has 0 aliphatic heterocycles. The van der Waals surface area contributed by atoms with Gasteiger partial charge in [-0.05, 0) is 15.9 Å². The van der Waals surface area contributed by atoms with E-state index in [0.717, 1.165) is 11.3 Å². The number of aromatic carboxylic acids is 1. The van der Waals surface area contributed by atoms with Crippen molar-refractivity contribution in [1.29, 1.82) is 0 Å². The molecule has 1 heterocycles. The zero-order chi connectivity index (χ0) is 6.85. The third kappa shape index (κ3) is 3.03. The third-order valence-electron chi connectivity index (χ3n) is 0.575. The van der Waals surface area contributed by atoms with E-state index in [1.165, 1.54) is 0 Å². The second-order valence-electron chi connectivity index (χ2n) is 1.15. The van der Waals surface area contributed by atoms with Crippen LogP contribution in [0.5, 0.6) is 0 Å². The first-order valence-electron chi connectivity index (χ1n) is 1.90. The molecule has 48 valence electrons. The van der Waals surface area contributed by atoms with Gasteiger partial charge in [0.1, 0.15) is 5.97 Å². The predicted molar refractivity (Wildman–Crippen MR) is 31.9 cm³/mol. The fourth-order valence-electron chi connectivity index (χ4n) is 0.288. The molecule has 4 nitrogen and oxygen atoms in total. The van der Waals surface area contributed by atoms with E-state index < -0.39 is 5.97 Å². The minimum Gasteiger partial charge on any atom is -0.542 e. The summed E-state index contributed by atoms with van der Waals surface area (Å²) in [6.07, 6.45) is 0. The number of carboxylic acid groups (broad SMARTS) is 1. The van der Waals surface area contributed by atoms with Crippen molar-refractivity contribution in [1.82, 2.24) is 10.2 Å². The summed E-state index contributed by atoms with van der Waals surface area (Å²) in [5.41, 5.74) is 0. The topological polar surface area (TPSA) is 65.9 Å². The van der Waals surface area contributed by atoms with E-state index in [1.54, 1.807) is 0 Å². The molecule has 0 aliphatic rings. The summed E-state index contributed by atoms with van der Waals surface area (Å²) in [5.74, 6) is -1.29. The van der Waals surface area contributed by atoms with Crippen molar-refractivity contribution in [3.8, 4) is 0 Å². The second-order valence-corrected chi connectivity index (χ2v) is 3.40. The van der Waals surface area contributed by atoms with Crippen LogP contribution < -0.4 is 56.5 Å². The van der Waals surface area contributed by atoms with Gasteiger partial charge < -0.3 is 9.90 Å². The summed E-state index contributed by atoms with van der Waals surface area (Å²) >= 11 is 3.88. The number of hydrogen-bond donors (Lipinski definition) is 0. The van der Waals surface area contributed by atoms with Crippen molar-refractivity contribution < 1.29 is 61.3 Å². The molecule has 0 saturated heterocycles. The molecule has 1 aromatic heterocycles. The predicted octanol–water partition coefficient (Wildman–Crippen LogP) is -3.33. The maximum absolute atomic E-state index is 9.99. The average Bonchev–Trinajstić information content (AvgIpc) is 2.14.